The third-order valence-corrected chi connectivity index (χ3v) is 10.6. The lowest BCUT2D eigenvalue weighted by molar-refractivity contribution is -0.137. The Kier molecular flexibility index (Phi) is 8.87. The van der Waals surface area contributed by atoms with E-state index in [0.29, 0.717) is 36.0 Å². The number of hydrogen-bond donors (Lipinski definition) is 2. The van der Waals surface area contributed by atoms with Crippen LogP contribution < -0.4 is 15.8 Å². The first-order valence-corrected chi connectivity index (χ1v) is 17.8. The Hall–Kier alpha value is -5.81. The lowest BCUT2D eigenvalue weighted by Crippen LogP contribution is -2.47. The van der Waals surface area contributed by atoms with Gasteiger partial charge in [-0.15, -0.1) is 5.10 Å². The van der Waals surface area contributed by atoms with Crippen LogP contribution in [0.1, 0.15) is 66.0 Å². The Balaban J connectivity index is 1.17. The first kappa shape index (κ1) is 36.2. The van der Waals surface area contributed by atoms with E-state index in [9.17, 15) is 37.5 Å². The highest BCUT2D eigenvalue weighted by Gasteiger charge is 2.50. The molecule has 2 N–H and O–H groups in total. The van der Waals surface area contributed by atoms with E-state index in [2.05, 4.69) is 20.4 Å². The molecule has 2 aromatic carbocycles. The summed E-state index contributed by atoms with van der Waals surface area (Å²) in [7, 11) is 0. The van der Waals surface area contributed by atoms with Crippen LogP contribution >= 0.6 is 11.6 Å². The van der Waals surface area contributed by atoms with E-state index in [4.69, 9.17) is 16.3 Å². The largest absolute Gasteiger partial charge is 0.505 e. The fourth-order valence-electron chi connectivity index (χ4n) is 7.64. The van der Waals surface area contributed by atoms with E-state index in [1.54, 1.807) is 36.1 Å². The van der Waals surface area contributed by atoms with Crippen LogP contribution in [0.25, 0.3) is 17.2 Å². The van der Waals surface area contributed by atoms with Gasteiger partial charge in [0.2, 0.25) is 17.6 Å². The third-order valence-electron chi connectivity index (χ3n) is 10.3. The van der Waals surface area contributed by atoms with Gasteiger partial charge in [0.15, 0.2) is 11.5 Å². The minimum Gasteiger partial charge on any atom is -0.505 e. The number of benzene rings is 2. The molecule has 3 aliphatic rings. The monoisotopic (exact) mass is 776 g/mol. The molecule has 0 saturated carbocycles. The number of nitrogens with zero attached hydrogens (tertiary/aromatic N) is 7. The molecule has 284 valence electrons. The molecule has 18 heteroatoms. The van der Waals surface area contributed by atoms with Crippen LogP contribution in [0, 0.1) is 0 Å². The summed E-state index contributed by atoms with van der Waals surface area (Å²) in [6, 6.07) is 12.5. The Bertz CT molecular complexity index is 2440. The van der Waals surface area contributed by atoms with Crippen molar-refractivity contribution in [1.82, 2.24) is 29.0 Å². The zero-order valence-corrected chi connectivity index (χ0v) is 29.9. The van der Waals surface area contributed by atoms with E-state index in [0.717, 1.165) is 23.1 Å². The van der Waals surface area contributed by atoms with E-state index < -0.39 is 47.4 Å². The second-order valence-corrected chi connectivity index (χ2v) is 14.1. The number of nitrogens with one attached hydrogen (secondary N) is 1. The number of carbonyl (C=O) groups excluding carboxylic acids is 3. The van der Waals surface area contributed by atoms with Crippen molar-refractivity contribution in [2.45, 2.75) is 57.0 Å². The average Bonchev–Trinajstić information content (AvgIpc) is 3.87. The zero-order valence-electron chi connectivity index (χ0n) is 29.1. The number of amides is 3. The van der Waals surface area contributed by atoms with E-state index >= 15 is 0 Å². The molecule has 0 bridgehead atoms. The molecule has 0 unspecified atom stereocenters. The summed E-state index contributed by atoms with van der Waals surface area (Å²) < 4.78 is 49.0. The maximum Gasteiger partial charge on any atom is 0.416 e. The van der Waals surface area contributed by atoms with Gasteiger partial charge in [0.25, 0.3) is 11.5 Å². The Morgan fingerprint density at radius 2 is 1.82 bits per heavy atom. The number of aromatic hydroxyl groups is 1. The maximum atomic E-state index is 14.5. The fraction of sp³-hybridized carbons (Fsp3) is 0.324. The highest BCUT2D eigenvalue weighted by Crippen LogP contribution is 2.48. The quantitative estimate of drug-likeness (QED) is 0.232. The van der Waals surface area contributed by atoms with Gasteiger partial charge in [-0.2, -0.15) is 22.7 Å². The Morgan fingerprint density at radius 3 is 2.47 bits per heavy atom. The number of piperidine rings is 1. The minimum atomic E-state index is -4.64. The van der Waals surface area contributed by atoms with Crippen molar-refractivity contribution in [2.75, 3.05) is 29.9 Å². The number of ether oxygens (including phenoxy) is 1. The van der Waals surface area contributed by atoms with Crippen molar-refractivity contribution in [3.05, 3.63) is 98.7 Å². The molecule has 2 saturated heterocycles. The molecular weight excluding hydrogens is 745 g/mol. The second-order valence-electron chi connectivity index (χ2n) is 13.7. The standard InChI is InChI=1S/C37H32ClF3N8O6/c1-20-31-29(36(55-20)12-16-46(17-13-36)34(54)30-26(50)4-2-14-42-30)33(53)49-35(44-32(45-49)21-6-9-23(10-7-21)47-15-3-5-28(47)52)48(31)19-27(51)43-25-11-8-22(18-24(25)38)37(39,40)41/h2,4,6-11,14,18,20,50H,3,5,12-13,15-17,19H2,1H3,(H,43,51)/t20-/m1/s1. The van der Waals surface area contributed by atoms with E-state index in [-0.39, 0.29) is 71.2 Å². The predicted octanol–water partition coefficient (Wildman–Crippen LogP) is 5.32. The van der Waals surface area contributed by atoms with Crippen LogP contribution in [0.15, 0.2) is 65.6 Å². The van der Waals surface area contributed by atoms with Gasteiger partial charge in [-0.1, -0.05) is 11.6 Å². The molecule has 0 aliphatic carbocycles. The summed E-state index contributed by atoms with van der Waals surface area (Å²) in [4.78, 5) is 65.7. The lowest BCUT2D eigenvalue weighted by Gasteiger charge is -2.39. The molecule has 6 heterocycles. The highest BCUT2D eigenvalue weighted by atomic mass is 35.5. The first-order valence-electron chi connectivity index (χ1n) is 17.5. The Morgan fingerprint density at radius 1 is 1.07 bits per heavy atom. The highest BCUT2D eigenvalue weighted by molar-refractivity contribution is 6.33. The normalized spacial score (nSPS) is 18.0. The van der Waals surface area contributed by atoms with Crippen molar-refractivity contribution < 1.29 is 37.4 Å². The smallest absolute Gasteiger partial charge is 0.416 e. The van der Waals surface area contributed by atoms with Crippen LogP contribution in [0.2, 0.25) is 5.02 Å². The summed E-state index contributed by atoms with van der Waals surface area (Å²) in [6.45, 7) is 2.18. The third kappa shape index (κ3) is 6.36. The lowest BCUT2D eigenvalue weighted by atomic mass is 9.85. The molecule has 1 atom stereocenters. The summed E-state index contributed by atoms with van der Waals surface area (Å²) in [6.07, 6.45) is -2.36. The summed E-state index contributed by atoms with van der Waals surface area (Å²) in [5.74, 6) is -1.22. The SMILES string of the molecule is C[C@H]1OC2(CCN(C(=O)c3ncccc3O)CC2)c2c1n(CC(=O)Nc1ccc(C(F)(F)F)cc1Cl)c1nc(-c3ccc(N4CCCC4=O)cc3)nn1c2=O. The molecular formula is C37H32ClF3N8O6. The number of pyridine rings is 1. The number of anilines is 2. The molecule has 3 aromatic heterocycles. The van der Waals surface area contributed by atoms with Gasteiger partial charge in [0.1, 0.15) is 17.9 Å². The van der Waals surface area contributed by atoms with Crippen LogP contribution in [-0.4, -0.2) is 71.5 Å². The van der Waals surface area contributed by atoms with Crippen LogP contribution in [-0.2, 0) is 32.6 Å². The van der Waals surface area contributed by atoms with Gasteiger partial charge in [-0.3, -0.25) is 19.2 Å². The van der Waals surface area contributed by atoms with Gasteiger partial charge >= 0.3 is 6.18 Å². The number of alkyl halides is 3. The molecule has 55 heavy (non-hydrogen) atoms. The molecule has 1 spiro atoms. The number of likely N-dealkylation sites (tertiary alicyclic amines) is 1. The summed E-state index contributed by atoms with van der Waals surface area (Å²) in [5.41, 5.74) is -1.01. The number of halogens is 4. The molecule has 3 amide bonds. The fourth-order valence-corrected chi connectivity index (χ4v) is 7.87. The molecule has 3 aliphatic heterocycles. The minimum absolute atomic E-state index is 0.0111. The molecule has 8 rings (SSSR count). The van der Waals surface area contributed by atoms with Crippen LogP contribution in [0.3, 0.4) is 0 Å². The number of rotatable bonds is 6. The van der Waals surface area contributed by atoms with E-state index in [1.807, 2.05) is 0 Å². The number of aromatic nitrogens is 5. The van der Waals surface area contributed by atoms with Gasteiger partial charge in [-0.05, 0) is 80.8 Å². The van der Waals surface area contributed by atoms with Crippen LogP contribution in [0.5, 0.6) is 5.75 Å². The summed E-state index contributed by atoms with van der Waals surface area (Å²) in [5, 5.41) is 17.1. The molecule has 5 aromatic rings. The van der Waals surface area contributed by atoms with Crippen molar-refractivity contribution >= 4 is 46.5 Å². The van der Waals surface area contributed by atoms with Crippen molar-refractivity contribution in [3.63, 3.8) is 0 Å². The van der Waals surface area contributed by atoms with Crippen molar-refractivity contribution in [3.8, 4) is 17.1 Å². The zero-order chi connectivity index (χ0) is 38.8. The maximum absolute atomic E-state index is 14.5. The van der Waals surface area contributed by atoms with Crippen LogP contribution in [0.4, 0.5) is 24.5 Å². The van der Waals surface area contributed by atoms with Gasteiger partial charge < -0.3 is 29.5 Å². The van der Waals surface area contributed by atoms with Gasteiger partial charge in [0.05, 0.1) is 33.6 Å². The predicted molar refractivity (Wildman–Crippen MR) is 192 cm³/mol. The van der Waals surface area contributed by atoms with Crippen molar-refractivity contribution in [1.29, 1.82) is 0 Å². The topological polar surface area (TPSA) is 164 Å². The molecule has 14 nitrogen and oxygen atoms in total. The van der Waals surface area contributed by atoms with Crippen molar-refractivity contribution in [2.24, 2.45) is 0 Å². The number of fused-ring (bicyclic) bond motifs is 3. The molecule has 0 radical (unpaired) electrons. The molecule has 2 fully saturated rings. The number of hydrogen-bond acceptors (Lipinski definition) is 9. The van der Waals surface area contributed by atoms with Gasteiger partial charge in [-0.25, -0.2) is 4.98 Å². The second kappa shape index (κ2) is 13.5. The first-order chi connectivity index (χ1) is 26.2. The Labute approximate surface area is 315 Å². The summed E-state index contributed by atoms with van der Waals surface area (Å²) >= 11 is 6.15. The van der Waals surface area contributed by atoms with E-state index in [1.165, 1.54) is 27.8 Å². The van der Waals surface area contributed by atoms with Gasteiger partial charge in [0, 0.05) is 43.5 Å². The average molecular weight is 777 g/mol. The number of carbonyl (C=O) groups is 3.